The minimum absolute atomic E-state index is 0.190. The van der Waals surface area contributed by atoms with Gasteiger partial charge in [0.15, 0.2) is 0 Å². The van der Waals surface area contributed by atoms with E-state index in [9.17, 15) is 22.8 Å². The Morgan fingerprint density at radius 2 is 1.76 bits per heavy atom. The molecule has 2 heterocycles. The first-order valence-electron chi connectivity index (χ1n) is 9.78. The van der Waals surface area contributed by atoms with Crippen LogP contribution in [0.3, 0.4) is 0 Å². The number of aromatic nitrogens is 4. The van der Waals surface area contributed by atoms with Gasteiger partial charge in [0.25, 0.3) is 5.56 Å². The van der Waals surface area contributed by atoms with Gasteiger partial charge in [0, 0.05) is 6.54 Å². The van der Waals surface area contributed by atoms with Crippen molar-refractivity contribution in [2.75, 3.05) is 6.54 Å². The van der Waals surface area contributed by atoms with Crippen molar-refractivity contribution in [1.82, 2.24) is 24.7 Å². The van der Waals surface area contributed by atoms with Crippen LogP contribution < -0.4 is 16.6 Å². The van der Waals surface area contributed by atoms with E-state index in [2.05, 4.69) is 15.5 Å². The third-order valence-corrected chi connectivity index (χ3v) is 4.71. The number of nitrogens with two attached hydrogens (primary N) is 1. The Bertz CT molecular complexity index is 1380. The number of rotatable bonds is 5. The van der Waals surface area contributed by atoms with Gasteiger partial charge in [0.05, 0.1) is 12.2 Å². The molecule has 4 aromatic rings. The van der Waals surface area contributed by atoms with E-state index in [-0.39, 0.29) is 30.6 Å². The van der Waals surface area contributed by atoms with Crippen molar-refractivity contribution in [3.63, 3.8) is 0 Å². The normalized spacial score (nSPS) is 12.1. The molecule has 0 saturated heterocycles. The molecule has 0 saturated carbocycles. The zero-order chi connectivity index (χ0) is 24.9. The number of carbonyl (C=O) groups is 2. The van der Waals surface area contributed by atoms with Gasteiger partial charge in [-0.3, -0.25) is 9.59 Å². The fraction of sp³-hybridized carbons (Fsp3) is 0.190. The molecule has 0 aliphatic rings. The second kappa shape index (κ2) is 10.1. The maximum atomic E-state index is 12.5. The van der Waals surface area contributed by atoms with E-state index in [4.69, 9.17) is 15.6 Å². The number of nitrogens with one attached hydrogen (secondary N) is 1. The maximum absolute atomic E-state index is 12.5. The Balaban J connectivity index is 0.000000406. The standard InChI is InChI=1S/C19H18N6O2.C2HF3O2/c20-10-16(15-6-5-13-3-1-2-4-14(13)9-15)23-18(26)11-24-19(27)17-7-8-21-25(17)12-22-24;3-2(4,5)1(6)7/h1-9,12,16H,10-11,20H2,(H,23,26);(H,6,7). The summed E-state index contributed by atoms with van der Waals surface area (Å²) in [6.07, 6.45) is -2.18. The summed E-state index contributed by atoms with van der Waals surface area (Å²) in [6.45, 7) is 0.0542. The molecule has 1 unspecified atom stereocenters. The van der Waals surface area contributed by atoms with Crippen LogP contribution in [0.4, 0.5) is 13.2 Å². The zero-order valence-electron chi connectivity index (χ0n) is 17.4. The summed E-state index contributed by atoms with van der Waals surface area (Å²) in [5, 5.41) is 20.1. The van der Waals surface area contributed by atoms with Crippen LogP contribution in [0.15, 0.2) is 65.8 Å². The number of amides is 1. The van der Waals surface area contributed by atoms with Gasteiger partial charge in [-0.25, -0.2) is 14.0 Å². The minimum atomic E-state index is -5.08. The van der Waals surface area contributed by atoms with E-state index >= 15 is 0 Å². The first-order valence-corrected chi connectivity index (χ1v) is 9.78. The van der Waals surface area contributed by atoms with Gasteiger partial charge in [-0.05, 0) is 28.5 Å². The van der Waals surface area contributed by atoms with Crippen molar-refractivity contribution >= 4 is 28.2 Å². The van der Waals surface area contributed by atoms with Crippen molar-refractivity contribution in [3.8, 4) is 0 Å². The van der Waals surface area contributed by atoms with Crippen LogP contribution in [0.1, 0.15) is 11.6 Å². The molecule has 178 valence electrons. The Kier molecular flexibility index (Phi) is 7.26. The lowest BCUT2D eigenvalue weighted by Crippen LogP contribution is -2.38. The zero-order valence-corrected chi connectivity index (χ0v) is 17.4. The number of carboxylic acids is 1. The molecule has 1 atom stereocenters. The molecule has 2 aromatic heterocycles. The maximum Gasteiger partial charge on any atom is 0.490 e. The molecule has 10 nitrogen and oxygen atoms in total. The second-order valence-electron chi connectivity index (χ2n) is 7.02. The molecule has 4 rings (SSSR count). The number of carboxylic acid groups (broad SMARTS) is 1. The van der Waals surface area contributed by atoms with Crippen LogP contribution >= 0.6 is 0 Å². The largest absolute Gasteiger partial charge is 0.490 e. The monoisotopic (exact) mass is 476 g/mol. The number of alkyl halides is 3. The van der Waals surface area contributed by atoms with Gasteiger partial charge in [-0.15, -0.1) is 0 Å². The number of nitrogens with zero attached hydrogens (tertiary/aromatic N) is 4. The molecule has 0 radical (unpaired) electrons. The topological polar surface area (TPSA) is 145 Å². The van der Waals surface area contributed by atoms with Gasteiger partial charge >= 0.3 is 12.1 Å². The minimum Gasteiger partial charge on any atom is -0.475 e. The average Bonchev–Trinajstić information content (AvgIpc) is 3.28. The quantitative estimate of drug-likeness (QED) is 0.396. The number of aliphatic carboxylic acids is 1. The number of carbonyl (C=O) groups excluding carboxylic acids is 1. The smallest absolute Gasteiger partial charge is 0.475 e. The lowest BCUT2D eigenvalue weighted by atomic mass is 10.0. The summed E-state index contributed by atoms with van der Waals surface area (Å²) in [4.78, 5) is 33.7. The molecule has 1 amide bonds. The summed E-state index contributed by atoms with van der Waals surface area (Å²) in [7, 11) is 0. The third kappa shape index (κ3) is 5.75. The number of benzene rings is 2. The molecule has 13 heteroatoms. The summed E-state index contributed by atoms with van der Waals surface area (Å²) >= 11 is 0. The van der Waals surface area contributed by atoms with Gasteiger partial charge in [0.2, 0.25) is 5.91 Å². The van der Waals surface area contributed by atoms with Gasteiger partial charge in [-0.1, -0.05) is 36.4 Å². The van der Waals surface area contributed by atoms with E-state index < -0.39 is 12.1 Å². The average molecular weight is 476 g/mol. The molecule has 0 fully saturated rings. The second-order valence-corrected chi connectivity index (χ2v) is 7.02. The Labute approximate surface area is 189 Å². The summed E-state index contributed by atoms with van der Waals surface area (Å²) < 4.78 is 34.2. The Hall–Kier alpha value is -4.26. The molecular weight excluding hydrogens is 457 g/mol. The van der Waals surface area contributed by atoms with Crippen LogP contribution in [-0.2, 0) is 16.1 Å². The molecule has 0 bridgehead atoms. The highest BCUT2D eigenvalue weighted by atomic mass is 19.4. The Morgan fingerprint density at radius 3 is 2.41 bits per heavy atom. The predicted octanol–water partition coefficient (Wildman–Crippen LogP) is 1.49. The first-order chi connectivity index (χ1) is 16.1. The highest BCUT2D eigenvalue weighted by molar-refractivity contribution is 5.83. The van der Waals surface area contributed by atoms with E-state index in [1.807, 2.05) is 42.5 Å². The van der Waals surface area contributed by atoms with Crippen LogP contribution in [0.5, 0.6) is 0 Å². The van der Waals surface area contributed by atoms with Gasteiger partial charge in [-0.2, -0.15) is 23.4 Å². The molecule has 0 spiro atoms. The van der Waals surface area contributed by atoms with Crippen molar-refractivity contribution in [3.05, 3.63) is 77.0 Å². The fourth-order valence-electron chi connectivity index (χ4n) is 3.06. The Morgan fingerprint density at radius 1 is 1.09 bits per heavy atom. The fourth-order valence-corrected chi connectivity index (χ4v) is 3.06. The van der Waals surface area contributed by atoms with E-state index in [0.717, 1.165) is 21.0 Å². The van der Waals surface area contributed by atoms with Crippen LogP contribution in [0, 0.1) is 0 Å². The van der Waals surface area contributed by atoms with E-state index in [1.165, 1.54) is 17.0 Å². The number of fused-ring (bicyclic) bond motifs is 2. The summed E-state index contributed by atoms with van der Waals surface area (Å²) in [5.74, 6) is -3.09. The molecule has 4 N–H and O–H groups in total. The lowest BCUT2D eigenvalue weighted by Gasteiger charge is -2.18. The van der Waals surface area contributed by atoms with Crippen LogP contribution in [0.25, 0.3) is 16.3 Å². The molecule has 34 heavy (non-hydrogen) atoms. The van der Waals surface area contributed by atoms with Crippen molar-refractivity contribution < 1.29 is 27.9 Å². The molecule has 0 aliphatic carbocycles. The number of halogens is 3. The van der Waals surface area contributed by atoms with Crippen LogP contribution in [0.2, 0.25) is 0 Å². The number of hydrogen-bond acceptors (Lipinski definition) is 6. The SMILES string of the molecule is NCC(NC(=O)Cn1ncn2nccc2c1=O)c1ccc2ccccc2c1.O=C(O)C(F)(F)F. The van der Waals surface area contributed by atoms with Crippen molar-refractivity contribution in [2.24, 2.45) is 5.73 Å². The first kappa shape index (κ1) is 24.4. The molecule has 0 aliphatic heterocycles. The molecule has 2 aromatic carbocycles. The third-order valence-electron chi connectivity index (χ3n) is 4.71. The lowest BCUT2D eigenvalue weighted by molar-refractivity contribution is -0.192. The summed E-state index contributed by atoms with van der Waals surface area (Å²) in [5.41, 5.74) is 6.77. The number of hydrogen-bond donors (Lipinski definition) is 3. The van der Waals surface area contributed by atoms with Crippen molar-refractivity contribution in [2.45, 2.75) is 18.8 Å². The molecular formula is C21H19F3N6O4. The summed E-state index contributed by atoms with van der Waals surface area (Å²) in [6, 6.07) is 15.2. The van der Waals surface area contributed by atoms with Gasteiger partial charge in [0.1, 0.15) is 18.4 Å². The highest BCUT2D eigenvalue weighted by Crippen LogP contribution is 2.20. The van der Waals surface area contributed by atoms with Crippen LogP contribution in [-0.4, -0.2) is 49.1 Å². The van der Waals surface area contributed by atoms with Crippen molar-refractivity contribution in [1.29, 1.82) is 0 Å². The van der Waals surface area contributed by atoms with E-state index in [0.29, 0.717) is 5.52 Å². The van der Waals surface area contributed by atoms with Gasteiger partial charge < -0.3 is 16.2 Å². The predicted molar refractivity (Wildman–Crippen MR) is 115 cm³/mol. The van der Waals surface area contributed by atoms with E-state index in [1.54, 1.807) is 6.07 Å². The highest BCUT2D eigenvalue weighted by Gasteiger charge is 2.38.